The van der Waals surface area contributed by atoms with Gasteiger partial charge >= 0.3 is 0 Å². The van der Waals surface area contributed by atoms with E-state index in [9.17, 15) is 14.9 Å². The summed E-state index contributed by atoms with van der Waals surface area (Å²) >= 11 is 6.01. The molecule has 1 aliphatic carbocycles. The van der Waals surface area contributed by atoms with Gasteiger partial charge in [0.05, 0.1) is 21.4 Å². The van der Waals surface area contributed by atoms with Gasteiger partial charge in [0.15, 0.2) is 0 Å². The number of ketones is 1. The zero-order valence-corrected chi connectivity index (χ0v) is 12.1. The summed E-state index contributed by atoms with van der Waals surface area (Å²) in [6, 6.07) is 4.07. The lowest BCUT2D eigenvalue weighted by Crippen LogP contribution is -2.56. The van der Waals surface area contributed by atoms with Gasteiger partial charge in [-0.3, -0.25) is 14.9 Å². The Hall–Kier alpha value is -1.62. The number of nitro benzene ring substituents is 1. The fourth-order valence-electron chi connectivity index (χ4n) is 2.72. The molecular weight excluding hydrogens is 282 g/mol. The molecular formula is C14H16ClNO4. The molecule has 1 aromatic carbocycles. The number of rotatable bonds is 5. The smallest absolute Gasteiger partial charge is 0.273 e. The maximum atomic E-state index is 11.9. The summed E-state index contributed by atoms with van der Waals surface area (Å²) in [5.41, 5.74) is -0.554. The molecule has 0 aromatic heterocycles. The molecule has 0 N–H and O–H groups in total. The van der Waals surface area contributed by atoms with E-state index in [4.69, 9.17) is 16.3 Å². The fourth-order valence-corrected chi connectivity index (χ4v) is 2.88. The van der Waals surface area contributed by atoms with Crippen molar-refractivity contribution in [2.75, 3.05) is 0 Å². The maximum absolute atomic E-state index is 11.9. The summed E-state index contributed by atoms with van der Waals surface area (Å²) in [4.78, 5) is 22.1. The number of Topliss-reactive ketones (excluding diaryl/α,β-unsaturated/α-hetero) is 1. The first-order valence-electron chi connectivity index (χ1n) is 6.58. The Bertz CT molecular complexity index is 554. The first-order chi connectivity index (χ1) is 9.44. The fraction of sp³-hybridized carbons (Fsp3) is 0.500. The minimum atomic E-state index is -0.498. The van der Waals surface area contributed by atoms with E-state index in [-0.39, 0.29) is 23.3 Å². The molecule has 0 amide bonds. The molecule has 0 saturated heterocycles. The highest BCUT2D eigenvalue weighted by Gasteiger charge is 2.54. The number of non-ortho nitro benzene ring substituents is 1. The predicted molar refractivity (Wildman–Crippen MR) is 75.2 cm³/mol. The van der Waals surface area contributed by atoms with Crippen molar-refractivity contribution in [1.29, 1.82) is 0 Å². The third kappa shape index (κ3) is 2.26. The van der Waals surface area contributed by atoms with Crippen molar-refractivity contribution in [2.45, 2.75) is 39.2 Å². The zero-order valence-electron chi connectivity index (χ0n) is 11.4. The molecule has 0 aliphatic heterocycles. The first kappa shape index (κ1) is 14.8. The minimum Gasteiger partial charge on any atom is -0.487 e. The highest BCUT2D eigenvalue weighted by molar-refractivity contribution is 6.32. The monoisotopic (exact) mass is 297 g/mol. The number of hydrogen-bond acceptors (Lipinski definition) is 4. The SMILES string of the molecule is CCC1(CC)C(=O)CC1Oc1cc([N+](=O)[O-])ccc1Cl. The van der Waals surface area contributed by atoms with Crippen LogP contribution in [0.5, 0.6) is 5.75 Å². The summed E-state index contributed by atoms with van der Waals surface area (Å²) < 4.78 is 5.78. The Morgan fingerprint density at radius 3 is 2.60 bits per heavy atom. The maximum Gasteiger partial charge on any atom is 0.273 e. The Labute approximate surface area is 122 Å². The average molecular weight is 298 g/mol. The van der Waals surface area contributed by atoms with Crippen molar-refractivity contribution in [3.8, 4) is 5.75 Å². The van der Waals surface area contributed by atoms with Crippen molar-refractivity contribution in [1.82, 2.24) is 0 Å². The van der Waals surface area contributed by atoms with Crippen molar-refractivity contribution in [3.63, 3.8) is 0 Å². The van der Waals surface area contributed by atoms with Crippen LogP contribution in [0.1, 0.15) is 33.1 Å². The van der Waals surface area contributed by atoms with E-state index >= 15 is 0 Å². The lowest BCUT2D eigenvalue weighted by atomic mass is 9.61. The van der Waals surface area contributed by atoms with E-state index in [0.29, 0.717) is 24.3 Å². The number of benzene rings is 1. The number of halogens is 1. The summed E-state index contributed by atoms with van der Waals surface area (Å²) in [6.45, 7) is 3.90. The van der Waals surface area contributed by atoms with E-state index in [0.717, 1.165) is 0 Å². The van der Waals surface area contributed by atoms with Crippen LogP contribution in [0.15, 0.2) is 18.2 Å². The van der Waals surface area contributed by atoms with Crippen LogP contribution in [0.25, 0.3) is 0 Å². The number of nitrogens with zero attached hydrogens (tertiary/aromatic N) is 1. The minimum absolute atomic E-state index is 0.0753. The molecule has 0 radical (unpaired) electrons. The number of ether oxygens (including phenoxy) is 1. The van der Waals surface area contributed by atoms with Crippen molar-refractivity contribution in [2.24, 2.45) is 5.41 Å². The van der Waals surface area contributed by atoms with Crippen LogP contribution in [0.3, 0.4) is 0 Å². The summed E-state index contributed by atoms with van der Waals surface area (Å²) in [6.07, 6.45) is 1.46. The summed E-state index contributed by atoms with van der Waals surface area (Å²) in [5.74, 6) is 0.457. The molecule has 5 nitrogen and oxygen atoms in total. The Balaban J connectivity index is 2.25. The van der Waals surface area contributed by atoms with Gasteiger partial charge in [0.25, 0.3) is 5.69 Å². The lowest BCUT2D eigenvalue weighted by Gasteiger charge is -2.46. The number of carbonyl (C=O) groups excluding carboxylic acids is 1. The third-order valence-electron chi connectivity index (χ3n) is 4.20. The van der Waals surface area contributed by atoms with Crippen LogP contribution >= 0.6 is 11.6 Å². The van der Waals surface area contributed by atoms with Crippen LogP contribution in [0.2, 0.25) is 5.02 Å². The predicted octanol–water partition coefficient (Wildman–Crippen LogP) is 3.77. The van der Waals surface area contributed by atoms with Crippen molar-refractivity contribution in [3.05, 3.63) is 33.3 Å². The molecule has 1 saturated carbocycles. The van der Waals surface area contributed by atoms with Gasteiger partial charge in [-0.15, -0.1) is 0 Å². The third-order valence-corrected chi connectivity index (χ3v) is 4.51. The topological polar surface area (TPSA) is 69.4 Å². The number of carbonyl (C=O) groups is 1. The van der Waals surface area contributed by atoms with E-state index in [1.165, 1.54) is 18.2 Å². The molecule has 1 aromatic rings. The van der Waals surface area contributed by atoms with Gasteiger partial charge in [0.2, 0.25) is 0 Å². The molecule has 1 aliphatic rings. The highest BCUT2D eigenvalue weighted by Crippen LogP contribution is 2.46. The van der Waals surface area contributed by atoms with Crippen molar-refractivity contribution >= 4 is 23.1 Å². The van der Waals surface area contributed by atoms with Crippen molar-refractivity contribution < 1.29 is 14.5 Å². The van der Waals surface area contributed by atoms with Gasteiger partial charge in [0, 0.05) is 12.5 Å². The van der Waals surface area contributed by atoms with Gasteiger partial charge in [-0.25, -0.2) is 0 Å². The van der Waals surface area contributed by atoms with E-state index in [2.05, 4.69) is 0 Å². The molecule has 108 valence electrons. The van der Waals surface area contributed by atoms with Gasteiger partial charge in [-0.1, -0.05) is 25.4 Å². The van der Waals surface area contributed by atoms with Gasteiger partial charge in [-0.05, 0) is 18.9 Å². The molecule has 1 fully saturated rings. The normalized spacial score (nSPS) is 20.4. The van der Waals surface area contributed by atoms with Gasteiger partial charge in [0.1, 0.15) is 17.6 Å². The van der Waals surface area contributed by atoms with Crippen LogP contribution in [-0.4, -0.2) is 16.8 Å². The van der Waals surface area contributed by atoms with Crippen LogP contribution in [0.4, 0.5) is 5.69 Å². The molecule has 6 heteroatoms. The average Bonchev–Trinajstić information content (AvgIpc) is 2.41. The van der Waals surface area contributed by atoms with E-state index < -0.39 is 10.3 Å². The largest absolute Gasteiger partial charge is 0.487 e. The van der Waals surface area contributed by atoms with Gasteiger partial charge < -0.3 is 4.74 Å². The molecule has 1 unspecified atom stereocenters. The second-order valence-corrected chi connectivity index (χ2v) is 5.38. The quantitative estimate of drug-likeness (QED) is 0.612. The Kier molecular flexibility index (Phi) is 3.99. The standard InChI is InChI=1S/C14H16ClNO4/c1-3-14(4-2)12(17)8-13(14)20-11-7-9(16(18)19)5-6-10(11)15/h5-7,13H,3-4,8H2,1-2H3. The second kappa shape index (κ2) is 5.40. The van der Waals surface area contributed by atoms with Crippen LogP contribution in [-0.2, 0) is 4.79 Å². The van der Waals surface area contributed by atoms with Crippen LogP contribution in [0, 0.1) is 15.5 Å². The second-order valence-electron chi connectivity index (χ2n) is 4.97. The Morgan fingerprint density at radius 2 is 2.10 bits per heavy atom. The number of nitro groups is 1. The number of hydrogen-bond donors (Lipinski definition) is 0. The molecule has 2 rings (SSSR count). The molecule has 1 atom stereocenters. The lowest BCUT2D eigenvalue weighted by molar-refractivity contribution is -0.385. The zero-order chi connectivity index (χ0) is 14.9. The molecule has 20 heavy (non-hydrogen) atoms. The highest BCUT2D eigenvalue weighted by atomic mass is 35.5. The van der Waals surface area contributed by atoms with E-state index in [1.807, 2.05) is 13.8 Å². The van der Waals surface area contributed by atoms with Gasteiger partial charge in [-0.2, -0.15) is 0 Å². The molecule has 0 bridgehead atoms. The first-order valence-corrected chi connectivity index (χ1v) is 6.96. The Morgan fingerprint density at radius 1 is 1.45 bits per heavy atom. The molecule has 0 spiro atoms. The van der Waals surface area contributed by atoms with Crippen LogP contribution < -0.4 is 4.74 Å². The summed E-state index contributed by atoms with van der Waals surface area (Å²) in [7, 11) is 0. The van der Waals surface area contributed by atoms with E-state index in [1.54, 1.807) is 0 Å². The summed E-state index contributed by atoms with van der Waals surface area (Å²) in [5, 5.41) is 11.1. The molecule has 0 heterocycles.